The molecule has 6 nitrogen and oxygen atoms in total. The van der Waals surface area contributed by atoms with Gasteiger partial charge < -0.3 is 4.42 Å². The van der Waals surface area contributed by atoms with Crippen LogP contribution >= 0.6 is 0 Å². The second kappa shape index (κ2) is 5.99. The van der Waals surface area contributed by atoms with Crippen molar-refractivity contribution >= 4 is 20.9 Å². The first-order valence-corrected chi connectivity index (χ1v) is 10.2. The number of pyridine rings is 1. The van der Waals surface area contributed by atoms with Crippen LogP contribution in [-0.4, -0.2) is 28.6 Å². The van der Waals surface area contributed by atoms with E-state index in [2.05, 4.69) is 15.0 Å². The zero-order chi connectivity index (χ0) is 18.4. The smallest absolute Gasteiger partial charge is 0.181 e. The zero-order valence-electron chi connectivity index (χ0n) is 14.2. The number of hydrogen-bond acceptors (Lipinski definition) is 6. The van der Waals surface area contributed by atoms with Crippen molar-refractivity contribution in [1.29, 1.82) is 0 Å². The highest BCUT2D eigenvalue weighted by Gasteiger charge is 2.37. The first kappa shape index (κ1) is 16.1. The van der Waals surface area contributed by atoms with Gasteiger partial charge in [0.15, 0.2) is 15.4 Å². The molecule has 0 atom stereocenters. The summed E-state index contributed by atoms with van der Waals surface area (Å²) in [4.78, 5) is 13.1. The van der Waals surface area contributed by atoms with Crippen LogP contribution in [0.5, 0.6) is 0 Å². The highest BCUT2D eigenvalue weighted by molar-refractivity contribution is 7.92. The molecule has 134 valence electrons. The number of sulfone groups is 1. The number of aromatic nitrogens is 3. The van der Waals surface area contributed by atoms with Crippen molar-refractivity contribution in [3.63, 3.8) is 0 Å². The van der Waals surface area contributed by atoms with Gasteiger partial charge in [-0.3, -0.25) is 4.98 Å². The molecule has 3 aromatic heterocycles. The predicted octanol–water partition coefficient (Wildman–Crippen LogP) is 3.89. The molecule has 3 heterocycles. The monoisotopic (exact) mass is 377 g/mol. The zero-order valence-corrected chi connectivity index (χ0v) is 15.1. The Hall–Kier alpha value is -3.06. The largest absolute Gasteiger partial charge is 0.452 e. The lowest BCUT2D eigenvalue weighted by atomic mass is 10.1. The summed E-state index contributed by atoms with van der Waals surface area (Å²) in [5, 5.41) is -0.251. The molecule has 0 bridgehead atoms. The van der Waals surface area contributed by atoms with Gasteiger partial charge in [-0.2, -0.15) is 0 Å². The molecule has 0 amide bonds. The minimum atomic E-state index is -3.27. The van der Waals surface area contributed by atoms with Crippen molar-refractivity contribution in [3.8, 4) is 22.6 Å². The molecule has 1 aromatic carbocycles. The topological polar surface area (TPSA) is 86.0 Å². The van der Waals surface area contributed by atoms with Gasteiger partial charge in [-0.05, 0) is 37.1 Å². The van der Waals surface area contributed by atoms with Crippen LogP contribution in [0.2, 0.25) is 0 Å². The Morgan fingerprint density at radius 1 is 1.00 bits per heavy atom. The first-order valence-electron chi connectivity index (χ1n) is 8.62. The number of nitrogens with zero attached hydrogens (tertiary/aromatic N) is 3. The molecule has 5 rings (SSSR count). The molecule has 7 heteroatoms. The molecule has 27 heavy (non-hydrogen) atoms. The number of hydrogen-bond donors (Lipinski definition) is 0. The third kappa shape index (κ3) is 2.80. The Kier molecular flexibility index (Phi) is 3.58. The highest BCUT2D eigenvalue weighted by Crippen LogP contribution is 2.36. The van der Waals surface area contributed by atoms with Crippen LogP contribution in [0.4, 0.5) is 0 Å². The molecule has 0 aliphatic heterocycles. The Morgan fingerprint density at radius 2 is 1.85 bits per heavy atom. The second-order valence-electron chi connectivity index (χ2n) is 6.56. The lowest BCUT2D eigenvalue weighted by Crippen LogP contribution is -2.07. The SMILES string of the molecule is O=S(=O)(c1cccc(-c2ncnc3cc(-c4cccnc4)oc23)c1)C1CC1. The van der Waals surface area contributed by atoms with Crippen molar-refractivity contribution in [1.82, 2.24) is 15.0 Å². The molecule has 1 aliphatic rings. The number of rotatable bonds is 4. The van der Waals surface area contributed by atoms with Gasteiger partial charge in [0.1, 0.15) is 23.3 Å². The molecule has 0 unspecified atom stereocenters. The Morgan fingerprint density at radius 3 is 2.63 bits per heavy atom. The summed E-state index contributed by atoms with van der Waals surface area (Å²) < 4.78 is 31.1. The van der Waals surface area contributed by atoms with E-state index in [1.54, 1.807) is 30.6 Å². The number of fused-ring (bicyclic) bond motifs is 1. The van der Waals surface area contributed by atoms with Crippen LogP contribution in [0, 0.1) is 0 Å². The molecule has 4 aromatic rings. The van der Waals surface area contributed by atoms with E-state index >= 15 is 0 Å². The van der Waals surface area contributed by atoms with Gasteiger partial charge in [-0.15, -0.1) is 0 Å². The maximum Gasteiger partial charge on any atom is 0.181 e. The van der Waals surface area contributed by atoms with E-state index in [0.717, 1.165) is 18.4 Å². The van der Waals surface area contributed by atoms with Crippen LogP contribution < -0.4 is 0 Å². The molecule has 0 N–H and O–H groups in total. The van der Waals surface area contributed by atoms with Crippen molar-refractivity contribution in [2.75, 3.05) is 0 Å². The summed E-state index contributed by atoms with van der Waals surface area (Å²) in [5.41, 5.74) is 3.29. The Bertz CT molecular complexity index is 1250. The van der Waals surface area contributed by atoms with Crippen LogP contribution in [0.1, 0.15) is 12.8 Å². The Labute approximate surface area is 155 Å². The minimum Gasteiger partial charge on any atom is -0.452 e. The standard InChI is InChI=1S/C20H15N3O3S/c24-27(25,15-6-7-15)16-5-1-3-13(9-16)19-20-17(22-12-23-19)10-18(26-20)14-4-2-8-21-11-14/h1-5,8-12,15H,6-7H2. The molecular formula is C20H15N3O3S. The molecule has 0 spiro atoms. The molecule has 0 radical (unpaired) electrons. The number of furan rings is 1. The van der Waals surface area contributed by atoms with Crippen molar-refractivity contribution in [3.05, 3.63) is 61.2 Å². The molecular weight excluding hydrogens is 362 g/mol. The number of benzene rings is 1. The van der Waals surface area contributed by atoms with Crippen molar-refractivity contribution < 1.29 is 12.8 Å². The fourth-order valence-electron chi connectivity index (χ4n) is 3.10. The summed E-state index contributed by atoms with van der Waals surface area (Å²) in [5.74, 6) is 0.640. The van der Waals surface area contributed by atoms with Crippen molar-refractivity contribution in [2.24, 2.45) is 0 Å². The summed E-state index contributed by atoms with van der Waals surface area (Å²) >= 11 is 0. The second-order valence-corrected chi connectivity index (χ2v) is 8.79. The van der Waals surface area contributed by atoms with Crippen molar-refractivity contribution in [2.45, 2.75) is 23.0 Å². The normalized spacial score (nSPS) is 14.5. The van der Waals surface area contributed by atoms with Gasteiger partial charge >= 0.3 is 0 Å². The van der Waals surface area contributed by atoms with E-state index in [1.165, 1.54) is 6.33 Å². The van der Waals surface area contributed by atoms with Gasteiger partial charge in [-0.1, -0.05) is 12.1 Å². The summed E-state index contributed by atoms with van der Waals surface area (Å²) in [6.07, 6.45) is 6.34. The van der Waals surface area contributed by atoms with Gasteiger partial charge in [0.2, 0.25) is 0 Å². The first-order chi connectivity index (χ1) is 13.1. The van der Waals surface area contributed by atoms with Crippen LogP contribution in [0.25, 0.3) is 33.7 Å². The van der Waals surface area contributed by atoms with Crippen LogP contribution in [-0.2, 0) is 9.84 Å². The average Bonchev–Trinajstić information content (AvgIpc) is 3.48. The lowest BCUT2D eigenvalue weighted by molar-refractivity contribution is 0.595. The van der Waals surface area contributed by atoms with Crippen LogP contribution in [0.3, 0.4) is 0 Å². The third-order valence-electron chi connectivity index (χ3n) is 4.66. The van der Waals surface area contributed by atoms with E-state index in [9.17, 15) is 8.42 Å². The fraction of sp³-hybridized carbons (Fsp3) is 0.150. The van der Waals surface area contributed by atoms with E-state index in [4.69, 9.17) is 4.42 Å². The summed E-state index contributed by atoms with van der Waals surface area (Å²) in [7, 11) is -3.27. The molecule has 0 saturated heterocycles. The summed E-state index contributed by atoms with van der Waals surface area (Å²) in [6, 6.07) is 12.5. The van der Waals surface area contributed by atoms with Crippen LogP contribution in [0.15, 0.2) is 70.5 Å². The summed E-state index contributed by atoms with van der Waals surface area (Å²) in [6.45, 7) is 0. The lowest BCUT2D eigenvalue weighted by Gasteiger charge is -2.06. The van der Waals surface area contributed by atoms with Gasteiger partial charge in [0.05, 0.1) is 10.1 Å². The molecule has 1 aliphatic carbocycles. The molecule has 1 saturated carbocycles. The van der Waals surface area contributed by atoms with E-state index in [1.807, 2.05) is 24.3 Å². The van der Waals surface area contributed by atoms with Gasteiger partial charge in [0.25, 0.3) is 0 Å². The van der Waals surface area contributed by atoms with E-state index in [-0.39, 0.29) is 5.25 Å². The fourth-order valence-corrected chi connectivity index (χ4v) is 4.80. The average molecular weight is 377 g/mol. The van der Waals surface area contributed by atoms with E-state index < -0.39 is 9.84 Å². The van der Waals surface area contributed by atoms with Gasteiger partial charge in [0, 0.05) is 29.6 Å². The predicted molar refractivity (Wildman–Crippen MR) is 101 cm³/mol. The molecule has 1 fully saturated rings. The minimum absolute atomic E-state index is 0.251. The highest BCUT2D eigenvalue weighted by atomic mass is 32.2. The van der Waals surface area contributed by atoms with Gasteiger partial charge in [-0.25, -0.2) is 18.4 Å². The maximum absolute atomic E-state index is 12.6. The maximum atomic E-state index is 12.6. The van der Waals surface area contributed by atoms with E-state index in [0.29, 0.717) is 33.0 Å². The third-order valence-corrected chi connectivity index (χ3v) is 6.92. The quantitative estimate of drug-likeness (QED) is 0.536. The Balaban J connectivity index is 1.64.